The topological polar surface area (TPSA) is 67.4 Å². The Morgan fingerprint density at radius 3 is 2.95 bits per heavy atom. The lowest BCUT2D eigenvalue weighted by atomic mass is 10.1. The molecule has 2 N–H and O–H groups in total. The van der Waals surface area contributed by atoms with Crippen molar-refractivity contribution >= 4 is 29.1 Å². The first kappa shape index (κ1) is 16.8. The molecule has 1 aromatic rings. The quantitative estimate of drug-likeness (QED) is 0.757. The predicted octanol–water partition coefficient (Wildman–Crippen LogP) is 2.55. The van der Waals surface area contributed by atoms with Crippen LogP contribution >= 0.6 is 11.6 Å². The third-order valence-corrected chi connectivity index (χ3v) is 3.73. The van der Waals surface area contributed by atoms with E-state index in [0.29, 0.717) is 36.5 Å². The summed E-state index contributed by atoms with van der Waals surface area (Å²) in [5.74, 6) is 0.198. The highest BCUT2D eigenvalue weighted by atomic mass is 35.5. The van der Waals surface area contributed by atoms with Crippen molar-refractivity contribution in [3.8, 4) is 0 Å². The minimum absolute atomic E-state index is 0.0995. The number of ether oxygens (including phenoxy) is 1. The summed E-state index contributed by atoms with van der Waals surface area (Å²) in [7, 11) is 0. The average molecular weight is 325 g/mol. The molecule has 1 heterocycles. The maximum Gasteiger partial charge on any atom is 0.251 e. The zero-order valence-electron chi connectivity index (χ0n) is 12.4. The summed E-state index contributed by atoms with van der Waals surface area (Å²) in [6.07, 6.45) is 3.15. The summed E-state index contributed by atoms with van der Waals surface area (Å²) in [5, 5.41) is 5.63. The van der Waals surface area contributed by atoms with Gasteiger partial charge in [0.25, 0.3) is 5.91 Å². The van der Waals surface area contributed by atoms with Gasteiger partial charge in [-0.2, -0.15) is 0 Å². The summed E-state index contributed by atoms with van der Waals surface area (Å²) < 4.78 is 5.47. The number of alkyl halides is 1. The number of hydrogen-bond acceptors (Lipinski definition) is 3. The molecule has 2 amide bonds. The summed E-state index contributed by atoms with van der Waals surface area (Å²) in [5.41, 5.74) is 1.14. The van der Waals surface area contributed by atoms with Crippen LogP contribution in [0.4, 0.5) is 5.69 Å². The smallest absolute Gasteiger partial charge is 0.251 e. The SMILES string of the molecule is O=C(CCCCl)Nc1cccc(C(=O)NCC2CCCO2)c1. The van der Waals surface area contributed by atoms with Gasteiger partial charge < -0.3 is 15.4 Å². The van der Waals surface area contributed by atoms with Gasteiger partial charge in [0.1, 0.15) is 0 Å². The van der Waals surface area contributed by atoms with Crippen molar-refractivity contribution in [2.75, 3.05) is 24.3 Å². The molecule has 0 aromatic heterocycles. The van der Waals surface area contributed by atoms with E-state index in [-0.39, 0.29) is 17.9 Å². The van der Waals surface area contributed by atoms with E-state index in [4.69, 9.17) is 16.3 Å². The van der Waals surface area contributed by atoms with Crippen molar-refractivity contribution in [3.63, 3.8) is 0 Å². The van der Waals surface area contributed by atoms with Gasteiger partial charge in [0.15, 0.2) is 0 Å². The number of carbonyl (C=O) groups is 2. The second-order valence-electron chi connectivity index (χ2n) is 5.27. The molecular weight excluding hydrogens is 304 g/mol. The molecule has 1 unspecified atom stereocenters. The van der Waals surface area contributed by atoms with Crippen molar-refractivity contribution in [3.05, 3.63) is 29.8 Å². The molecule has 0 aliphatic carbocycles. The Hall–Kier alpha value is -1.59. The fraction of sp³-hybridized carbons (Fsp3) is 0.500. The first-order valence-corrected chi connectivity index (χ1v) is 8.08. The van der Waals surface area contributed by atoms with Crippen LogP contribution in [0.2, 0.25) is 0 Å². The molecule has 0 spiro atoms. The fourth-order valence-corrected chi connectivity index (χ4v) is 2.44. The Morgan fingerprint density at radius 2 is 2.23 bits per heavy atom. The van der Waals surface area contributed by atoms with Crippen molar-refractivity contribution < 1.29 is 14.3 Å². The van der Waals surface area contributed by atoms with Crippen LogP contribution in [-0.4, -0.2) is 36.9 Å². The van der Waals surface area contributed by atoms with Crippen molar-refractivity contribution in [1.82, 2.24) is 5.32 Å². The highest BCUT2D eigenvalue weighted by Gasteiger charge is 2.16. The molecule has 1 aliphatic heterocycles. The summed E-state index contributed by atoms with van der Waals surface area (Å²) in [6, 6.07) is 6.90. The van der Waals surface area contributed by atoms with E-state index in [1.165, 1.54) is 0 Å². The van der Waals surface area contributed by atoms with Crippen LogP contribution in [0.15, 0.2) is 24.3 Å². The molecule has 0 bridgehead atoms. The standard InChI is InChI=1S/C16H21ClN2O3/c17-8-2-7-15(20)19-13-5-1-4-12(10-13)16(21)18-11-14-6-3-9-22-14/h1,4-5,10,14H,2-3,6-9,11H2,(H,18,21)(H,19,20). The Labute approximate surface area is 135 Å². The number of carbonyl (C=O) groups excluding carboxylic acids is 2. The van der Waals surface area contributed by atoms with Crippen LogP contribution in [0.3, 0.4) is 0 Å². The third kappa shape index (κ3) is 5.31. The molecule has 1 aliphatic rings. The van der Waals surface area contributed by atoms with E-state index < -0.39 is 0 Å². The Bertz CT molecular complexity index is 516. The summed E-state index contributed by atoms with van der Waals surface area (Å²) in [6.45, 7) is 1.29. The molecule has 1 aromatic carbocycles. The predicted molar refractivity (Wildman–Crippen MR) is 86.3 cm³/mol. The van der Waals surface area contributed by atoms with E-state index in [9.17, 15) is 9.59 Å². The van der Waals surface area contributed by atoms with E-state index >= 15 is 0 Å². The number of anilines is 1. The minimum Gasteiger partial charge on any atom is -0.376 e. The lowest BCUT2D eigenvalue weighted by Gasteiger charge is -2.11. The first-order valence-electron chi connectivity index (χ1n) is 7.54. The van der Waals surface area contributed by atoms with Crippen LogP contribution in [0.25, 0.3) is 0 Å². The molecule has 0 saturated carbocycles. The molecule has 22 heavy (non-hydrogen) atoms. The van der Waals surface area contributed by atoms with Crippen LogP contribution in [0, 0.1) is 0 Å². The molecule has 0 radical (unpaired) electrons. The number of hydrogen-bond donors (Lipinski definition) is 2. The van der Waals surface area contributed by atoms with Crippen LogP contribution in [0.1, 0.15) is 36.0 Å². The normalized spacial score (nSPS) is 17.2. The van der Waals surface area contributed by atoms with Gasteiger partial charge in [-0.25, -0.2) is 0 Å². The van der Waals surface area contributed by atoms with Gasteiger partial charge in [0, 0.05) is 36.7 Å². The molecule has 1 atom stereocenters. The average Bonchev–Trinajstić information content (AvgIpc) is 3.04. The highest BCUT2D eigenvalue weighted by Crippen LogP contribution is 2.13. The van der Waals surface area contributed by atoms with Gasteiger partial charge in [-0.1, -0.05) is 6.07 Å². The molecule has 1 saturated heterocycles. The van der Waals surface area contributed by atoms with Crippen LogP contribution < -0.4 is 10.6 Å². The van der Waals surface area contributed by atoms with Gasteiger partial charge in [-0.15, -0.1) is 11.6 Å². The maximum atomic E-state index is 12.1. The number of amides is 2. The number of benzene rings is 1. The van der Waals surface area contributed by atoms with E-state index in [2.05, 4.69) is 10.6 Å². The number of nitrogens with one attached hydrogen (secondary N) is 2. The zero-order chi connectivity index (χ0) is 15.8. The number of rotatable bonds is 7. The molecule has 5 nitrogen and oxygen atoms in total. The first-order chi connectivity index (χ1) is 10.7. The second kappa shape index (κ2) is 8.76. The fourth-order valence-electron chi connectivity index (χ4n) is 2.30. The Balaban J connectivity index is 1.86. The molecule has 6 heteroatoms. The molecule has 120 valence electrons. The monoisotopic (exact) mass is 324 g/mol. The van der Waals surface area contributed by atoms with Gasteiger partial charge >= 0.3 is 0 Å². The lowest BCUT2D eigenvalue weighted by molar-refractivity contribution is -0.116. The van der Waals surface area contributed by atoms with Gasteiger partial charge in [-0.3, -0.25) is 9.59 Å². The Morgan fingerprint density at radius 1 is 1.36 bits per heavy atom. The largest absolute Gasteiger partial charge is 0.376 e. The van der Waals surface area contributed by atoms with Crippen molar-refractivity contribution in [2.45, 2.75) is 31.8 Å². The van der Waals surface area contributed by atoms with Crippen molar-refractivity contribution in [2.24, 2.45) is 0 Å². The highest BCUT2D eigenvalue weighted by molar-refractivity contribution is 6.18. The second-order valence-corrected chi connectivity index (χ2v) is 5.64. The Kier molecular flexibility index (Phi) is 6.68. The third-order valence-electron chi connectivity index (χ3n) is 3.46. The van der Waals surface area contributed by atoms with Crippen LogP contribution in [0.5, 0.6) is 0 Å². The van der Waals surface area contributed by atoms with E-state index in [0.717, 1.165) is 19.4 Å². The number of halogens is 1. The van der Waals surface area contributed by atoms with Gasteiger partial charge in [-0.05, 0) is 37.5 Å². The van der Waals surface area contributed by atoms with Crippen molar-refractivity contribution in [1.29, 1.82) is 0 Å². The van der Waals surface area contributed by atoms with E-state index in [1.54, 1.807) is 24.3 Å². The zero-order valence-corrected chi connectivity index (χ0v) is 13.2. The molecular formula is C16H21ClN2O3. The minimum atomic E-state index is -0.160. The summed E-state index contributed by atoms with van der Waals surface area (Å²) >= 11 is 5.56. The molecule has 2 rings (SSSR count). The summed E-state index contributed by atoms with van der Waals surface area (Å²) in [4.78, 5) is 23.8. The molecule has 1 fully saturated rings. The van der Waals surface area contributed by atoms with Gasteiger partial charge in [0.2, 0.25) is 5.91 Å². The van der Waals surface area contributed by atoms with Crippen LogP contribution in [-0.2, 0) is 9.53 Å². The van der Waals surface area contributed by atoms with Gasteiger partial charge in [0.05, 0.1) is 6.10 Å². The van der Waals surface area contributed by atoms with E-state index in [1.807, 2.05) is 0 Å². The lowest BCUT2D eigenvalue weighted by Crippen LogP contribution is -2.31. The maximum absolute atomic E-state index is 12.1.